The smallest absolute Gasteiger partial charge is 0.321 e. The summed E-state index contributed by atoms with van der Waals surface area (Å²) in [5, 5.41) is 14.1. The molecule has 3 N–H and O–H groups in total. The highest BCUT2D eigenvalue weighted by atomic mass is 16.5. The number of nitrogens with two attached hydrogens (primary N) is 1. The Hall–Kier alpha value is -3.94. The van der Waals surface area contributed by atoms with Crippen LogP contribution in [0.3, 0.4) is 0 Å². The molecule has 130 valence electrons. The van der Waals surface area contributed by atoms with E-state index in [1.165, 1.54) is 30.6 Å². The predicted octanol–water partition coefficient (Wildman–Crippen LogP) is 1.86. The summed E-state index contributed by atoms with van der Waals surface area (Å²) >= 11 is 0. The van der Waals surface area contributed by atoms with Crippen molar-refractivity contribution in [1.82, 2.24) is 4.98 Å². The zero-order chi connectivity index (χ0) is 18.5. The van der Waals surface area contributed by atoms with Crippen molar-refractivity contribution in [3.05, 3.63) is 83.5 Å². The summed E-state index contributed by atoms with van der Waals surface area (Å²) in [6, 6.07) is 14.0. The molecule has 3 rings (SSSR count). The fraction of sp³-hybridized carbons (Fsp3) is 0. The van der Waals surface area contributed by atoms with E-state index >= 15 is 0 Å². The Kier molecular flexibility index (Phi) is 4.75. The van der Waals surface area contributed by atoms with E-state index in [0.717, 1.165) is 0 Å². The number of nitrogens with one attached hydrogen (secondary N) is 1. The van der Waals surface area contributed by atoms with E-state index in [1.807, 2.05) is 0 Å². The maximum absolute atomic E-state index is 12.1. The van der Waals surface area contributed by atoms with Gasteiger partial charge in [-0.05, 0) is 30.3 Å². The zero-order valence-electron chi connectivity index (χ0n) is 13.5. The first-order valence-electron chi connectivity index (χ1n) is 7.56. The number of ether oxygens (including phenoxy) is 1. The van der Waals surface area contributed by atoms with Crippen LogP contribution in [0.5, 0.6) is 11.6 Å². The molecule has 8 nitrogen and oxygen atoms in total. The molecule has 8 heteroatoms. The minimum absolute atomic E-state index is 0.0314. The second kappa shape index (κ2) is 7.31. The standard InChI is InChI=1S/C18H14N4O4/c19-17(23)12-4-3-5-14(10-12)26-16-8-7-13(11-20-16)21-18(24)15-6-1-2-9-22(15)25/h1-11H,(H2,19,23)(H,21,24). The van der Waals surface area contributed by atoms with Crippen LogP contribution in [-0.4, -0.2) is 16.8 Å². The fourth-order valence-corrected chi connectivity index (χ4v) is 2.15. The maximum Gasteiger partial charge on any atom is 0.321 e. The molecule has 0 saturated heterocycles. The Labute approximate surface area is 148 Å². The van der Waals surface area contributed by atoms with E-state index in [9.17, 15) is 14.8 Å². The lowest BCUT2D eigenvalue weighted by Gasteiger charge is -2.08. The van der Waals surface area contributed by atoms with Crippen LogP contribution in [0, 0.1) is 5.21 Å². The highest BCUT2D eigenvalue weighted by Crippen LogP contribution is 2.21. The lowest BCUT2D eigenvalue weighted by molar-refractivity contribution is -0.607. The molecule has 0 aliphatic carbocycles. The number of carbonyl (C=O) groups excluding carboxylic acids is 2. The Morgan fingerprint density at radius 3 is 2.65 bits per heavy atom. The van der Waals surface area contributed by atoms with Gasteiger partial charge in [-0.15, -0.1) is 0 Å². The third kappa shape index (κ3) is 3.93. The van der Waals surface area contributed by atoms with E-state index in [0.29, 0.717) is 21.7 Å². The molecule has 0 fully saturated rings. The zero-order valence-corrected chi connectivity index (χ0v) is 13.5. The number of hydrogen-bond donors (Lipinski definition) is 2. The van der Waals surface area contributed by atoms with Gasteiger partial charge in [0.1, 0.15) is 5.75 Å². The Morgan fingerprint density at radius 2 is 1.96 bits per heavy atom. The Morgan fingerprint density at radius 1 is 1.12 bits per heavy atom. The molecule has 1 aromatic carbocycles. The third-order valence-electron chi connectivity index (χ3n) is 3.39. The number of amides is 2. The maximum atomic E-state index is 12.1. The van der Waals surface area contributed by atoms with Crippen molar-refractivity contribution in [2.45, 2.75) is 0 Å². The van der Waals surface area contributed by atoms with Crippen LogP contribution in [0.4, 0.5) is 5.69 Å². The largest absolute Gasteiger partial charge is 0.618 e. The number of rotatable bonds is 5. The average molecular weight is 350 g/mol. The summed E-state index contributed by atoms with van der Waals surface area (Å²) in [7, 11) is 0. The quantitative estimate of drug-likeness (QED) is 0.537. The van der Waals surface area contributed by atoms with E-state index < -0.39 is 11.8 Å². The normalized spacial score (nSPS) is 10.2. The molecule has 0 unspecified atom stereocenters. The van der Waals surface area contributed by atoms with Gasteiger partial charge in [-0.2, -0.15) is 4.73 Å². The first-order valence-corrected chi connectivity index (χ1v) is 7.56. The Bertz CT molecular complexity index is 957. The number of anilines is 1. The minimum Gasteiger partial charge on any atom is -0.618 e. The second-order valence-electron chi connectivity index (χ2n) is 5.25. The molecule has 2 heterocycles. The van der Waals surface area contributed by atoms with Crippen LogP contribution in [-0.2, 0) is 0 Å². The van der Waals surface area contributed by atoms with Crippen LogP contribution in [0.25, 0.3) is 0 Å². The highest BCUT2D eigenvalue weighted by molar-refractivity contribution is 6.01. The van der Waals surface area contributed by atoms with Crippen molar-refractivity contribution < 1.29 is 19.1 Å². The molecular formula is C18H14N4O4. The SMILES string of the molecule is NC(=O)c1cccc(Oc2ccc(NC(=O)c3cccc[n+]3[O-])cn2)c1. The van der Waals surface area contributed by atoms with Crippen LogP contribution in [0.2, 0.25) is 0 Å². The predicted molar refractivity (Wildman–Crippen MR) is 92.6 cm³/mol. The van der Waals surface area contributed by atoms with Crippen LogP contribution in [0.15, 0.2) is 67.0 Å². The van der Waals surface area contributed by atoms with Gasteiger partial charge in [0.25, 0.3) is 5.69 Å². The van der Waals surface area contributed by atoms with Gasteiger partial charge >= 0.3 is 5.91 Å². The van der Waals surface area contributed by atoms with Gasteiger partial charge < -0.3 is 21.0 Å². The van der Waals surface area contributed by atoms with Gasteiger partial charge in [0, 0.05) is 23.8 Å². The number of benzene rings is 1. The number of nitrogens with zero attached hydrogens (tertiary/aromatic N) is 2. The molecule has 2 aromatic heterocycles. The van der Waals surface area contributed by atoms with Crippen molar-refractivity contribution in [2.75, 3.05) is 5.32 Å². The molecule has 0 atom stereocenters. The summed E-state index contributed by atoms with van der Waals surface area (Å²) in [6.07, 6.45) is 2.63. The van der Waals surface area contributed by atoms with Gasteiger partial charge in [0.05, 0.1) is 11.9 Å². The second-order valence-corrected chi connectivity index (χ2v) is 5.25. The summed E-state index contributed by atoms with van der Waals surface area (Å²) in [5.74, 6) is -0.436. The van der Waals surface area contributed by atoms with Crippen molar-refractivity contribution in [2.24, 2.45) is 5.73 Å². The van der Waals surface area contributed by atoms with Gasteiger partial charge in [0.2, 0.25) is 11.8 Å². The molecule has 0 aliphatic heterocycles. The first kappa shape index (κ1) is 16.9. The number of carbonyl (C=O) groups is 2. The van der Waals surface area contributed by atoms with E-state index in [2.05, 4.69) is 10.3 Å². The van der Waals surface area contributed by atoms with Gasteiger partial charge in [-0.25, -0.2) is 4.98 Å². The van der Waals surface area contributed by atoms with Crippen molar-refractivity contribution in [3.63, 3.8) is 0 Å². The van der Waals surface area contributed by atoms with Crippen molar-refractivity contribution in [1.29, 1.82) is 0 Å². The first-order chi connectivity index (χ1) is 12.5. The molecule has 0 spiro atoms. The molecule has 3 aromatic rings. The molecule has 0 radical (unpaired) electrons. The van der Waals surface area contributed by atoms with Crippen LogP contribution in [0.1, 0.15) is 20.8 Å². The number of hydrogen-bond acceptors (Lipinski definition) is 5. The average Bonchev–Trinajstić information content (AvgIpc) is 2.64. The molecule has 0 bridgehead atoms. The lowest BCUT2D eigenvalue weighted by atomic mass is 10.2. The van der Waals surface area contributed by atoms with Crippen LogP contribution < -0.4 is 20.5 Å². The summed E-state index contributed by atoms with van der Waals surface area (Å²) in [5.41, 5.74) is 5.91. The fourth-order valence-electron chi connectivity index (χ4n) is 2.15. The molecule has 2 amide bonds. The van der Waals surface area contributed by atoms with Crippen LogP contribution >= 0.6 is 0 Å². The third-order valence-corrected chi connectivity index (χ3v) is 3.39. The Balaban J connectivity index is 1.69. The van der Waals surface area contributed by atoms with Gasteiger partial charge in [0.15, 0.2) is 6.20 Å². The van der Waals surface area contributed by atoms with Gasteiger partial charge in [-0.3, -0.25) is 9.59 Å². The van der Waals surface area contributed by atoms with E-state index in [-0.39, 0.29) is 11.6 Å². The topological polar surface area (TPSA) is 121 Å². The number of pyridine rings is 2. The monoisotopic (exact) mass is 350 g/mol. The lowest BCUT2D eigenvalue weighted by Crippen LogP contribution is -2.36. The minimum atomic E-state index is -0.557. The van der Waals surface area contributed by atoms with E-state index in [4.69, 9.17) is 10.5 Å². The number of primary amides is 1. The molecular weight excluding hydrogens is 336 g/mol. The summed E-state index contributed by atoms with van der Waals surface area (Å²) in [6.45, 7) is 0. The molecule has 0 aliphatic rings. The summed E-state index contributed by atoms with van der Waals surface area (Å²) in [4.78, 5) is 27.3. The van der Waals surface area contributed by atoms with Gasteiger partial charge in [-0.1, -0.05) is 6.07 Å². The molecule has 26 heavy (non-hydrogen) atoms. The van der Waals surface area contributed by atoms with Crippen molar-refractivity contribution in [3.8, 4) is 11.6 Å². The number of aromatic nitrogens is 2. The molecule has 0 saturated carbocycles. The highest BCUT2D eigenvalue weighted by Gasteiger charge is 2.15. The van der Waals surface area contributed by atoms with E-state index in [1.54, 1.807) is 36.4 Å². The van der Waals surface area contributed by atoms with Crippen molar-refractivity contribution >= 4 is 17.5 Å². The summed E-state index contributed by atoms with van der Waals surface area (Å²) < 4.78 is 6.03.